The molecule has 29 heavy (non-hydrogen) atoms. The van der Waals surface area contributed by atoms with E-state index in [1.54, 1.807) is 18.7 Å². The van der Waals surface area contributed by atoms with Crippen LogP contribution in [-0.2, 0) is 11.8 Å². The standard InChI is InChI=1S/C19H18FN5O3S/c1-25-17(12-7-9-13(28-2)10-8-12)22-24-19(25)29-11-16(26)21-23-18(27)14-5-3-4-6-15(14)20/h3-10H,11H2,1-2H3,(H,21,26)(H,23,27). The van der Waals surface area contributed by atoms with Gasteiger partial charge in [0.25, 0.3) is 5.91 Å². The van der Waals surface area contributed by atoms with Crippen LogP contribution in [0.1, 0.15) is 10.4 Å². The molecule has 0 aliphatic carbocycles. The zero-order valence-corrected chi connectivity index (χ0v) is 16.5. The fraction of sp³-hybridized carbons (Fsp3) is 0.158. The molecule has 3 aromatic rings. The molecule has 2 amide bonds. The van der Waals surface area contributed by atoms with Crippen molar-refractivity contribution in [3.05, 3.63) is 59.9 Å². The summed E-state index contributed by atoms with van der Waals surface area (Å²) in [6, 6.07) is 12.9. The summed E-state index contributed by atoms with van der Waals surface area (Å²) in [4.78, 5) is 23.9. The number of hydrogen-bond donors (Lipinski definition) is 2. The molecule has 3 rings (SSSR count). The number of nitrogens with one attached hydrogen (secondary N) is 2. The second-order valence-electron chi connectivity index (χ2n) is 5.86. The summed E-state index contributed by atoms with van der Waals surface area (Å²) in [7, 11) is 3.38. The molecule has 10 heteroatoms. The molecule has 0 saturated heterocycles. The molecule has 150 valence electrons. The summed E-state index contributed by atoms with van der Waals surface area (Å²) in [5.41, 5.74) is 5.14. The summed E-state index contributed by atoms with van der Waals surface area (Å²) < 4.78 is 20.5. The molecule has 0 fully saturated rings. The average molecular weight is 415 g/mol. The van der Waals surface area contributed by atoms with Crippen LogP contribution in [0.15, 0.2) is 53.7 Å². The van der Waals surface area contributed by atoms with Gasteiger partial charge in [0.2, 0.25) is 5.91 Å². The molecule has 2 N–H and O–H groups in total. The summed E-state index contributed by atoms with van der Waals surface area (Å²) >= 11 is 1.16. The molecule has 0 aliphatic heterocycles. The van der Waals surface area contributed by atoms with Gasteiger partial charge in [-0.15, -0.1) is 10.2 Å². The van der Waals surface area contributed by atoms with Gasteiger partial charge in [0.15, 0.2) is 11.0 Å². The van der Waals surface area contributed by atoms with Crippen molar-refractivity contribution >= 4 is 23.6 Å². The number of amides is 2. The van der Waals surface area contributed by atoms with Crippen molar-refractivity contribution in [1.82, 2.24) is 25.6 Å². The lowest BCUT2D eigenvalue weighted by atomic mass is 10.2. The molecule has 0 spiro atoms. The second-order valence-corrected chi connectivity index (χ2v) is 6.81. The molecule has 0 unspecified atom stereocenters. The maximum atomic E-state index is 13.6. The Balaban J connectivity index is 1.54. The van der Waals surface area contributed by atoms with E-state index in [0.717, 1.165) is 23.1 Å². The predicted molar refractivity (Wildman–Crippen MR) is 106 cm³/mol. The quantitative estimate of drug-likeness (QED) is 0.473. The van der Waals surface area contributed by atoms with E-state index in [9.17, 15) is 14.0 Å². The van der Waals surface area contributed by atoms with E-state index in [-0.39, 0.29) is 11.3 Å². The zero-order valence-electron chi connectivity index (χ0n) is 15.7. The van der Waals surface area contributed by atoms with E-state index < -0.39 is 17.6 Å². The van der Waals surface area contributed by atoms with Crippen LogP contribution in [0.25, 0.3) is 11.4 Å². The Morgan fingerprint density at radius 3 is 2.52 bits per heavy atom. The van der Waals surface area contributed by atoms with E-state index >= 15 is 0 Å². The van der Waals surface area contributed by atoms with Crippen molar-refractivity contribution in [1.29, 1.82) is 0 Å². The summed E-state index contributed by atoms with van der Waals surface area (Å²) in [6.45, 7) is 0. The summed E-state index contributed by atoms with van der Waals surface area (Å²) in [6.07, 6.45) is 0. The Hall–Kier alpha value is -3.40. The third-order valence-electron chi connectivity index (χ3n) is 3.95. The minimum atomic E-state index is -0.734. The minimum Gasteiger partial charge on any atom is -0.497 e. The maximum absolute atomic E-state index is 13.6. The van der Waals surface area contributed by atoms with E-state index in [0.29, 0.717) is 11.0 Å². The fourth-order valence-corrected chi connectivity index (χ4v) is 3.15. The molecule has 0 atom stereocenters. The zero-order chi connectivity index (χ0) is 20.8. The predicted octanol–water partition coefficient (Wildman–Crippen LogP) is 2.18. The van der Waals surface area contributed by atoms with Crippen LogP contribution in [0.3, 0.4) is 0 Å². The number of hydrogen-bond acceptors (Lipinski definition) is 6. The van der Waals surface area contributed by atoms with Gasteiger partial charge in [-0.2, -0.15) is 0 Å². The van der Waals surface area contributed by atoms with Gasteiger partial charge < -0.3 is 9.30 Å². The highest BCUT2D eigenvalue weighted by molar-refractivity contribution is 7.99. The number of benzene rings is 2. The lowest BCUT2D eigenvalue weighted by molar-refractivity contribution is -0.119. The Morgan fingerprint density at radius 2 is 1.83 bits per heavy atom. The lowest BCUT2D eigenvalue weighted by Gasteiger charge is -2.08. The fourth-order valence-electron chi connectivity index (χ4n) is 2.44. The summed E-state index contributed by atoms with van der Waals surface area (Å²) in [5, 5.41) is 8.77. The molecule has 0 bridgehead atoms. The first kappa shape index (κ1) is 20.3. The number of rotatable bonds is 6. The minimum absolute atomic E-state index is 0.00780. The Morgan fingerprint density at radius 1 is 1.10 bits per heavy atom. The molecular formula is C19H18FN5O3S. The lowest BCUT2D eigenvalue weighted by Crippen LogP contribution is -2.42. The summed E-state index contributed by atoms with van der Waals surface area (Å²) in [5.74, 6) is -0.496. The first-order chi connectivity index (χ1) is 14.0. The number of ether oxygens (including phenoxy) is 1. The number of thioether (sulfide) groups is 1. The van der Waals surface area contributed by atoms with Crippen molar-refractivity contribution in [2.75, 3.05) is 12.9 Å². The van der Waals surface area contributed by atoms with Gasteiger partial charge in [0.1, 0.15) is 11.6 Å². The Labute approximate surface area is 170 Å². The van der Waals surface area contributed by atoms with E-state index in [1.807, 2.05) is 24.3 Å². The van der Waals surface area contributed by atoms with Crippen LogP contribution in [0.4, 0.5) is 4.39 Å². The number of halogens is 1. The van der Waals surface area contributed by atoms with Gasteiger partial charge in [-0.3, -0.25) is 20.4 Å². The second kappa shape index (κ2) is 9.20. The highest BCUT2D eigenvalue weighted by atomic mass is 32.2. The molecule has 2 aromatic carbocycles. The van der Waals surface area contributed by atoms with Gasteiger partial charge in [0, 0.05) is 12.6 Å². The Kier molecular flexibility index (Phi) is 6.45. The van der Waals surface area contributed by atoms with Crippen molar-refractivity contribution in [3.63, 3.8) is 0 Å². The monoisotopic (exact) mass is 415 g/mol. The number of methoxy groups -OCH3 is 1. The highest BCUT2D eigenvalue weighted by Crippen LogP contribution is 2.24. The topological polar surface area (TPSA) is 98.1 Å². The number of aromatic nitrogens is 3. The third kappa shape index (κ3) is 4.91. The third-order valence-corrected chi connectivity index (χ3v) is 4.97. The number of hydrazine groups is 1. The van der Waals surface area contributed by atoms with Crippen LogP contribution in [0, 0.1) is 5.82 Å². The normalized spacial score (nSPS) is 10.4. The van der Waals surface area contributed by atoms with Gasteiger partial charge in [-0.1, -0.05) is 23.9 Å². The van der Waals surface area contributed by atoms with E-state index in [2.05, 4.69) is 21.0 Å². The first-order valence-corrected chi connectivity index (χ1v) is 9.48. The van der Waals surface area contributed by atoms with Crippen LogP contribution in [0.5, 0.6) is 5.75 Å². The molecule has 0 aliphatic rings. The van der Waals surface area contributed by atoms with Gasteiger partial charge in [-0.05, 0) is 36.4 Å². The Bertz CT molecular complexity index is 1020. The molecule has 1 aromatic heterocycles. The first-order valence-electron chi connectivity index (χ1n) is 8.50. The SMILES string of the molecule is COc1ccc(-c2nnc(SCC(=O)NNC(=O)c3ccccc3F)n2C)cc1. The smallest absolute Gasteiger partial charge is 0.272 e. The molecule has 0 saturated carbocycles. The van der Waals surface area contributed by atoms with Crippen LogP contribution >= 0.6 is 11.8 Å². The molecule has 1 heterocycles. The van der Waals surface area contributed by atoms with Crippen LogP contribution in [0.2, 0.25) is 0 Å². The van der Waals surface area contributed by atoms with Gasteiger partial charge >= 0.3 is 0 Å². The highest BCUT2D eigenvalue weighted by Gasteiger charge is 2.15. The van der Waals surface area contributed by atoms with Crippen LogP contribution < -0.4 is 15.6 Å². The number of nitrogens with zero attached hydrogens (tertiary/aromatic N) is 3. The average Bonchev–Trinajstić information content (AvgIpc) is 3.11. The van der Waals surface area contributed by atoms with E-state index in [4.69, 9.17) is 4.74 Å². The van der Waals surface area contributed by atoms with Gasteiger partial charge in [0.05, 0.1) is 18.4 Å². The molecule has 0 radical (unpaired) electrons. The van der Waals surface area contributed by atoms with Gasteiger partial charge in [-0.25, -0.2) is 4.39 Å². The number of carbonyl (C=O) groups is 2. The van der Waals surface area contributed by atoms with Crippen molar-refractivity contribution < 1.29 is 18.7 Å². The molecular weight excluding hydrogens is 397 g/mol. The number of carbonyl (C=O) groups excluding carboxylic acids is 2. The van der Waals surface area contributed by atoms with Crippen LogP contribution in [-0.4, -0.2) is 39.4 Å². The van der Waals surface area contributed by atoms with Crippen molar-refractivity contribution in [3.8, 4) is 17.1 Å². The van der Waals surface area contributed by atoms with Crippen molar-refractivity contribution in [2.45, 2.75) is 5.16 Å². The van der Waals surface area contributed by atoms with Crippen molar-refractivity contribution in [2.24, 2.45) is 7.05 Å². The molecule has 8 nitrogen and oxygen atoms in total. The van der Waals surface area contributed by atoms with E-state index in [1.165, 1.54) is 24.3 Å². The largest absolute Gasteiger partial charge is 0.497 e. The maximum Gasteiger partial charge on any atom is 0.272 e.